The summed E-state index contributed by atoms with van der Waals surface area (Å²) in [6.45, 7) is 6.29. The van der Waals surface area contributed by atoms with Gasteiger partial charge in [0.25, 0.3) is 0 Å². The van der Waals surface area contributed by atoms with E-state index in [1.165, 1.54) is 12.8 Å². The molecule has 1 rings (SSSR count). The summed E-state index contributed by atoms with van der Waals surface area (Å²) in [5, 5.41) is 0. The molecule has 0 heterocycles. The van der Waals surface area contributed by atoms with Crippen LogP contribution in [0.25, 0.3) is 0 Å². The molecule has 0 aromatic carbocycles. The number of carbonyl (C=O) groups excluding carboxylic acids is 1. The van der Waals surface area contributed by atoms with Gasteiger partial charge in [-0.1, -0.05) is 20.8 Å². The minimum Gasteiger partial charge on any atom is -0.299 e. The molecule has 0 aromatic heterocycles. The van der Waals surface area contributed by atoms with Crippen molar-refractivity contribution in [3.63, 3.8) is 0 Å². The lowest BCUT2D eigenvalue weighted by molar-refractivity contribution is -0.123. The van der Waals surface area contributed by atoms with Crippen LogP contribution >= 0.6 is 0 Å². The fourth-order valence-corrected chi connectivity index (χ4v) is 1.16. The van der Waals surface area contributed by atoms with Crippen molar-refractivity contribution in [2.24, 2.45) is 17.8 Å². The lowest BCUT2D eigenvalue weighted by Crippen LogP contribution is -2.16. The van der Waals surface area contributed by atoms with E-state index in [9.17, 15) is 4.79 Å². The van der Waals surface area contributed by atoms with Crippen molar-refractivity contribution >= 4 is 5.78 Å². The zero-order valence-corrected chi connectivity index (χ0v) is 7.76. The highest BCUT2D eigenvalue weighted by molar-refractivity contribution is 5.81. The van der Waals surface area contributed by atoms with Gasteiger partial charge < -0.3 is 0 Å². The molecule has 0 radical (unpaired) electrons. The van der Waals surface area contributed by atoms with Crippen LogP contribution in [0.4, 0.5) is 0 Å². The molecule has 1 nitrogen and oxygen atoms in total. The summed E-state index contributed by atoms with van der Waals surface area (Å²) in [4.78, 5) is 11.4. The summed E-state index contributed by atoms with van der Waals surface area (Å²) < 4.78 is 0. The topological polar surface area (TPSA) is 17.1 Å². The van der Waals surface area contributed by atoms with E-state index >= 15 is 0 Å². The van der Waals surface area contributed by atoms with Gasteiger partial charge in [-0.3, -0.25) is 4.79 Å². The summed E-state index contributed by atoms with van der Waals surface area (Å²) in [5.74, 6) is 2.02. The van der Waals surface area contributed by atoms with Crippen molar-refractivity contribution in [1.82, 2.24) is 0 Å². The smallest absolute Gasteiger partial charge is 0.136 e. The van der Waals surface area contributed by atoms with Crippen molar-refractivity contribution < 1.29 is 4.79 Å². The quantitative estimate of drug-likeness (QED) is 0.608. The van der Waals surface area contributed by atoms with Gasteiger partial charge in [-0.15, -0.1) is 0 Å². The maximum Gasteiger partial charge on any atom is 0.136 e. The first-order valence-electron chi connectivity index (χ1n) is 4.64. The molecule has 1 aliphatic rings. The van der Waals surface area contributed by atoms with Crippen LogP contribution in [-0.2, 0) is 4.79 Å². The van der Waals surface area contributed by atoms with Crippen LogP contribution in [0.5, 0.6) is 0 Å². The largest absolute Gasteiger partial charge is 0.299 e. The van der Waals surface area contributed by atoms with Crippen LogP contribution in [-0.4, -0.2) is 5.78 Å². The monoisotopic (exact) mass is 154 g/mol. The van der Waals surface area contributed by atoms with Gasteiger partial charge in [-0.2, -0.15) is 0 Å². The van der Waals surface area contributed by atoms with Crippen LogP contribution in [0.1, 0.15) is 40.0 Å². The third-order valence-electron chi connectivity index (χ3n) is 2.69. The van der Waals surface area contributed by atoms with Crippen molar-refractivity contribution in [3.8, 4) is 0 Å². The first-order valence-corrected chi connectivity index (χ1v) is 4.64. The van der Waals surface area contributed by atoms with Gasteiger partial charge in [-0.05, 0) is 24.7 Å². The van der Waals surface area contributed by atoms with Crippen LogP contribution in [0.15, 0.2) is 0 Å². The first-order chi connectivity index (χ1) is 5.11. The molecule has 0 N–H and O–H groups in total. The van der Waals surface area contributed by atoms with E-state index in [0.29, 0.717) is 11.7 Å². The molecule has 1 heteroatoms. The van der Waals surface area contributed by atoms with Gasteiger partial charge in [0.2, 0.25) is 0 Å². The molecule has 0 aromatic rings. The van der Waals surface area contributed by atoms with Crippen molar-refractivity contribution in [1.29, 1.82) is 0 Å². The first kappa shape index (κ1) is 8.76. The maximum absolute atomic E-state index is 11.4. The predicted molar refractivity (Wildman–Crippen MR) is 46.4 cm³/mol. The molecule has 1 unspecified atom stereocenters. The Balaban J connectivity index is 2.26. The van der Waals surface area contributed by atoms with E-state index in [0.717, 1.165) is 12.3 Å². The van der Waals surface area contributed by atoms with Crippen molar-refractivity contribution in [2.45, 2.75) is 40.0 Å². The molecule has 1 saturated carbocycles. The molecule has 1 fully saturated rings. The third kappa shape index (κ3) is 2.64. The highest BCUT2D eigenvalue weighted by Gasteiger charge is 2.27. The molecular weight excluding hydrogens is 136 g/mol. The highest BCUT2D eigenvalue weighted by atomic mass is 16.1. The Morgan fingerprint density at radius 3 is 2.27 bits per heavy atom. The van der Waals surface area contributed by atoms with E-state index in [1.54, 1.807) is 0 Å². The van der Waals surface area contributed by atoms with Crippen LogP contribution in [0.3, 0.4) is 0 Å². The lowest BCUT2D eigenvalue weighted by Gasteiger charge is -2.13. The molecule has 0 aliphatic heterocycles. The standard InChI is InChI=1S/C10H18O/c1-7(2)8(3)10(11)6-9-4-5-9/h7-9H,4-6H2,1-3H3. The number of ketones is 1. The summed E-state index contributed by atoms with van der Waals surface area (Å²) >= 11 is 0. The van der Waals surface area contributed by atoms with E-state index in [1.807, 2.05) is 0 Å². The predicted octanol–water partition coefficient (Wildman–Crippen LogP) is 2.65. The molecule has 0 amide bonds. The third-order valence-corrected chi connectivity index (χ3v) is 2.69. The van der Waals surface area contributed by atoms with Crippen LogP contribution in [0.2, 0.25) is 0 Å². The van der Waals surface area contributed by atoms with E-state index in [2.05, 4.69) is 20.8 Å². The summed E-state index contributed by atoms with van der Waals surface area (Å²) in [5.41, 5.74) is 0. The number of hydrogen-bond acceptors (Lipinski definition) is 1. The SMILES string of the molecule is CC(C)C(C)C(=O)CC1CC1. The second-order valence-electron chi connectivity index (χ2n) is 4.15. The molecule has 0 saturated heterocycles. The zero-order valence-electron chi connectivity index (χ0n) is 7.76. The Morgan fingerprint density at radius 2 is 1.91 bits per heavy atom. The van der Waals surface area contributed by atoms with Crippen LogP contribution in [0, 0.1) is 17.8 Å². The Hall–Kier alpha value is -0.330. The fraction of sp³-hybridized carbons (Fsp3) is 0.900. The Bertz CT molecular complexity index is 145. The second-order valence-corrected chi connectivity index (χ2v) is 4.15. The summed E-state index contributed by atoms with van der Waals surface area (Å²) in [6, 6.07) is 0. The number of rotatable bonds is 4. The Morgan fingerprint density at radius 1 is 1.36 bits per heavy atom. The minimum atomic E-state index is 0.274. The molecular formula is C10H18O. The van der Waals surface area contributed by atoms with Crippen LogP contribution < -0.4 is 0 Å². The average Bonchev–Trinajstić information content (AvgIpc) is 2.69. The van der Waals surface area contributed by atoms with Crippen molar-refractivity contribution in [2.75, 3.05) is 0 Å². The normalized spacial score (nSPS) is 20.4. The minimum absolute atomic E-state index is 0.274. The molecule has 1 atom stereocenters. The van der Waals surface area contributed by atoms with Gasteiger partial charge >= 0.3 is 0 Å². The molecule has 1 aliphatic carbocycles. The van der Waals surface area contributed by atoms with E-state index < -0.39 is 0 Å². The van der Waals surface area contributed by atoms with E-state index in [-0.39, 0.29) is 5.92 Å². The van der Waals surface area contributed by atoms with Gasteiger partial charge in [0, 0.05) is 12.3 Å². The van der Waals surface area contributed by atoms with Gasteiger partial charge in [-0.25, -0.2) is 0 Å². The van der Waals surface area contributed by atoms with E-state index in [4.69, 9.17) is 0 Å². The Kier molecular flexibility index (Phi) is 2.69. The molecule has 0 spiro atoms. The highest BCUT2D eigenvalue weighted by Crippen LogP contribution is 2.34. The fourth-order valence-electron chi connectivity index (χ4n) is 1.16. The Labute approximate surface area is 69.2 Å². The maximum atomic E-state index is 11.4. The average molecular weight is 154 g/mol. The number of Topliss-reactive ketones (excluding diaryl/α,β-unsaturated/α-hetero) is 1. The molecule has 64 valence electrons. The molecule has 11 heavy (non-hydrogen) atoms. The van der Waals surface area contributed by atoms with Gasteiger partial charge in [0.1, 0.15) is 5.78 Å². The zero-order chi connectivity index (χ0) is 8.43. The summed E-state index contributed by atoms with van der Waals surface area (Å²) in [7, 11) is 0. The van der Waals surface area contributed by atoms with Gasteiger partial charge in [0.05, 0.1) is 0 Å². The lowest BCUT2D eigenvalue weighted by atomic mass is 9.91. The summed E-state index contributed by atoms with van der Waals surface area (Å²) in [6.07, 6.45) is 3.42. The number of hydrogen-bond donors (Lipinski definition) is 0. The molecule has 0 bridgehead atoms. The number of carbonyl (C=O) groups is 1. The van der Waals surface area contributed by atoms with Crippen molar-refractivity contribution in [3.05, 3.63) is 0 Å². The second kappa shape index (κ2) is 3.38. The van der Waals surface area contributed by atoms with Gasteiger partial charge in [0.15, 0.2) is 0 Å².